The number of hydrogen-bond acceptors (Lipinski definition) is 7. The molecule has 2 aromatic heterocycles. The van der Waals surface area contributed by atoms with Crippen LogP contribution in [0.4, 0.5) is 16.6 Å². The lowest BCUT2D eigenvalue weighted by Crippen LogP contribution is -2.46. The van der Waals surface area contributed by atoms with Gasteiger partial charge in [-0.3, -0.25) is 4.68 Å². The number of nitrogens with zero attached hydrogens (tertiary/aromatic N) is 7. The second-order valence-corrected chi connectivity index (χ2v) is 7.35. The van der Waals surface area contributed by atoms with Crippen LogP contribution in [0, 0.1) is 0 Å². The lowest BCUT2D eigenvalue weighted by molar-refractivity contribution is 0.187. The van der Waals surface area contributed by atoms with E-state index in [1.165, 1.54) is 0 Å². The number of carbonyl (C=O) groups is 1. The van der Waals surface area contributed by atoms with Crippen molar-refractivity contribution >= 4 is 28.9 Å². The molecule has 0 saturated carbocycles. The minimum absolute atomic E-state index is 0.00192. The van der Waals surface area contributed by atoms with Crippen molar-refractivity contribution < 1.29 is 9.90 Å². The molecule has 0 aromatic carbocycles. The fourth-order valence-electron chi connectivity index (χ4n) is 3.80. The van der Waals surface area contributed by atoms with Gasteiger partial charge in [0, 0.05) is 52.4 Å². The van der Waals surface area contributed by atoms with Gasteiger partial charge in [0.15, 0.2) is 5.65 Å². The fraction of sp³-hybridized carbons (Fsp3) is 0.647. The summed E-state index contributed by atoms with van der Waals surface area (Å²) in [5.74, 6) is 1.65. The van der Waals surface area contributed by atoms with Crippen LogP contribution in [0.3, 0.4) is 0 Å². The standard InChI is InChI=1S/C17H26N8O2/c1-22-7-9-25(10-8-22)16-20-14-13(11-18-23(14)2)15(21-16)24-5-3-12(4-6-24)19-17(26)27/h11-12,19H,3-10H2,1-2H3,(H,26,27). The third-order valence-corrected chi connectivity index (χ3v) is 5.47. The van der Waals surface area contributed by atoms with Crippen LogP contribution in [0.5, 0.6) is 0 Å². The van der Waals surface area contributed by atoms with Crippen molar-refractivity contribution in [1.29, 1.82) is 0 Å². The number of rotatable bonds is 3. The molecule has 1 amide bonds. The number of hydrogen-bond donors (Lipinski definition) is 2. The van der Waals surface area contributed by atoms with Crippen LogP contribution in [-0.4, -0.2) is 88.2 Å². The zero-order chi connectivity index (χ0) is 19.0. The number of piperidine rings is 1. The van der Waals surface area contributed by atoms with Crippen LogP contribution in [0.15, 0.2) is 6.20 Å². The molecule has 0 atom stereocenters. The zero-order valence-electron chi connectivity index (χ0n) is 15.8. The summed E-state index contributed by atoms with van der Waals surface area (Å²) in [7, 11) is 4.03. The van der Waals surface area contributed by atoms with E-state index in [-0.39, 0.29) is 6.04 Å². The van der Waals surface area contributed by atoms with Gasteiger partial charge in [-0.05, 0) is 19.9 Å². The number of aromatic nitrogens is 4. The third-order valence-electron chi connectivity index (χ3n) is 5.47. The molecule has 2 aliphatic heterocycles. The van der Waals surface area contributed by atoms with Crippen molar-refractivity contribution in [3.8, 4) is 0 Å². The Morgan fingerprint density at radius 1 is 1.07 bits per heavy atom. The SMILES string of the molecule is CN1CCN(c2nc(N3CCC(NC(=O)O)CC3)c3cnn(C)c3n2)CC1. The molecule has 2 saturated heterocycles. The van der Waals surface area contributed by atoms with Gasteiger partial charge in [0.25, 0.3) is 0 Å². The van der Waals surface area contributed by atoms with Gasteiger partial charge in [0.2, 0.25) is 5.95 Å². The van der Waals surface area contributed by atoms with Crippen molar-refractivity contribution in [3.63, 3.8) is 0 Å². The Morgan fingerprint density at radius 2 is 1.78 bits per heavy atom. The second-order valence-electron chi connectivity index (χ2n) is 7.35. The number of fused-ring (bicyclic) bond motifs is 1. The molecular weight excluding hydrogens is 348 g/mol. The first-order valence-corrected chi connectivity index (χ1v) is 9.39. The van der Waals surface area contributed by atoms with E-state index < -0.39 is 6.09 Å². The Bertz CT molecular complexity index is 822. The molecule has 2 N–H and O–H groups in total. The Kier molecular flexibility index (Phi) is 4.73. The number of piperazine rings is 1. The molecule has 27 heavy (non-hydrogen) atoms. The first-order chi connectivity index (χ1) is 13.0. The molecule has 0 radical (unpaired) electrons. The molecular formula is C17H26N8O2. The van der Waals surface area contributed by atoms with Crippen LogP contribution in [0.1, 0.15) is 12.8 Å². The van der Waals surface area contributed by atoms with E-state index in [1.54, 1.807) is 4.68 Å². The summed E-state index contributed by atoms with van der Waals surface area (Å²) in [5.41, 5.74) is 0.833. The summed E-state index contributed by atoms with van der Waals surface area (Å²) in [6.07, 6.45) is 2.39. The molecule has 0 unspecified atom stereocenters. The molecule has 10 nitrogen and oxygen atoms in total. The van der Waals surface area contributed by atoms with Crippen molar-refractivity contribution in [2.45, 2.75) is 18.9 Å². The molecule has 2 aliphatic rings. The van der Waals surface area contributed by atoms with Crippen LogP contribution in [-0.2, 0) is 7.05 Å². The number of amides is 1. The van der Waals surface area contributed by atoms with Gasteiger partial charge in [0.05, 0.1) is 11.6 Å². The quantitative estimate of drug-likeness (QED) is 0.794. The summed E-state index contributed by atoms with van der Waals surface area (Å²) in [6.45, 7) is 5.32. The highest BCUT2D eigenvalue weighted by Crippen LogP contribution is 2.28. The maximum absolute atomic E-state index is 10.9. The van der Waals surface area contributed by atoms with E-state index in [0.29, 0.717) is 0 Å². The molecule has 0 spiro atoms. The predicted molar refractivity (Wildman–Crippen MR) is 102 cm³/mol. The van der Waals surface area contributed by atoms with Crippen molar-refractivity contribution in [1.82, 2.24) is 30.0 Å². The molecule has 10 heteroatoms. The molecule has 2 aromatic rings. The highest BCUT2D eigenvalue weighted by molar-refractivity contribution is 5.88. The van der Waals surface area contributed by atoms with E-state index in [4.69, 9.17) is 15.1 Å². The number of aryl methyl sites for hydroxylation is 1. The molecule has 0 bridgehead atoms. The molecule has 2 fully saturated rings. The average molecular weight is 374 g/mol. The van der Waals surface area contributed by atoms with E-state index >= 15 is 0 Å². The predicted octanol–water partition coefficient (Wildman–Crippen LogP) is 0.352. The topological polar surface area (TPSA) is 103 Å². The summed E-state index contributed by atoms with van der Waals surface area (Å²) in [4.78, 5) is 27.3. The molecule has 146 valence electrons. The van der Waals surface area contributed by atoms with Crippen LogP contribution in [0.25, 0.3) is 11.0 Å². The van der Waals surface area contributed by atoms with E-state index in [0.717, 1.165) is 74.9 Å². The monoisotopic (exact) mass is 374 g/mol. The molecule has 0 aliphatic carbocycles. The Labute approximate surface area is 157 Å². The maximum atomic E-state index is 10.9. The van der Waals surface area contributed by atoms with Gasteiger partial charge >= 0.3 is 6.09 Å². The van der Waals surface area contributed by atoms with Crippen molar-refractivity contribution in [2.24, 2.45) is 7.05 Å². The number of nitrogens with one attached hydrogen (secondary N) is 1. The first-order valence-electron chi connectivity index (χ1n) is 9.39. The number of carboxylic acid groups (broad SMARTS) is 1. The highest BCUT2D eigenvalue weighted by atomic mass is 16.4. The fourth-order valence-corrected chi connectivity index (χ4v) is 3.80. The summed E-state index contributed by atoms with van der Waals surface area (Å²) in [6, 6.07) is 0.00192. The highest BCUT2D eigenvalue weighted by Gasteiger charge is 2.26. The Morgan fingerprint density at radius 3 is 2.44 bits per heavy atom. The van der Waals surface area contributed by atoms with Gasteiger partial charge in [-0.15, -0.1) is 0 Å². The molecule has 4 heterocycles. The maximum Gasteiger partial charge on any atom is 0.404 e. The lowest BCUT2D eigenvalue weighted by atomic mass is 10.1. The van der Waals surface area contributed by atoms with Gasteiger partial charge < -0.3 is 25.1 Å². The number of likely N-dealkylation sites (N-methyl/N-ethyl adjacent to an activating group) is 1. The van der Waals surface area contributed by atoms with E-state index in [1.807, 2.05) is 13.2 Å². The average Bonchev–Trinajstić information content (AvgIpc) is 3.03. The van der Waals surface area contributed by atoms with Crippen LogP contribution < -0.4 is 15.1 Å². The smallest absolute Gasteiger partial charge is 0.404 e. The zero-order valence-corrected chi connectivity index (χ0v) is 15.8. The largest absolute Gasteiger partial charge is 0.465 e. The van der Waals surface area contributed by atoms with Gasteiger partial charge in [-0.1, -0.05) is 0 Å². The Balaban J connectivity index is 1.61. The third kappa shape index (κ3) is 3.61. The summed E-state index contributed by atoms with van der Waals surface area (Å²) < 4.78 is 1.79. The van der Waals surface area contributed by atoms with Gasteiger partial charge in [-0.2, -0.15) is 15.1 Å². The molecule has 4 rings (SSSR count). The first kappa shape index (κ1) is 17.8. The minimum atomic E-state index is -0.956. The number of anilines is 2. The van der Waals surface area contributed by atoms with Gasteiger partial charge in [-0.25, -0.2) is 4.79 Å². The lowest BCUT2D eigenvalue weighted by Gasteiger charge is -2.35. The van der Waals surface area contributed by atoms with Crippen LogP contribution >= 0.6 is 0 Å². The van der Waals surface area contributed by atoms with Gasteiger partial charge in [0.1, 0.15) is 5.82 Å². The minimum Gasteiger partial charge on any atom is -0.465 e. The van der Waals surface area contributed by atoms with Crippen molar-refractivity contribution in [3.05, 3.63) is 6.20 Å². The normalized spacial score (nSPS) is 19.6. The van der Waals surface area contributed by atoms with Crippen LogP contribution in [0.2, 0.25) is 0 Å². The second kappa shape index (κ2) is 7.18. The van der Waals surface area contributed by atoms with Crippen molar-refractivity contribution in [2.75, 3.05) is 56.1 Å². The Hall–Kier alpha value is -2.62. The summed E-state index contributed by atoms with van der Waals surface area (Å²) >= 11 is 0. The van der Waals surface area contributed by atoms with E-state index in [9.17, 15) is 4.79 Å². The summed E-state index contributed by atoms with van der Waals surface area (Å²) in [5, 5.41) is 16.8. The van der Waals surface area contributed by atoms with E-state index in [2.05, 4.69) is 32.2 Å².